The molecule has 0 fully saturated rings. The third kappa shape index (κ3) is 4.40. The maximum absolute atomic E-state index is 13.0. The lowest BCUT2D eigenvalue weighted by Crippen LogP contribution is -2.30. The summed E-state index contributed by atoms with van der Waals surface area (Å²) in [6.45, 7) is 0. The van der Waals surface area contributed by atoms with Crippen molar-refractivity contribution in [3.8, 4) is 22.8 Å². The number of hydrogen-bond donors (Lipinski definition) is 1. The van der Waals surface area contributed by atoms with Crippen molar-refractivity contribution in [2.45, 2.75) is 12.5 Å². The highest BCUT2D eigenvalue weighted by molar-refractivity contribution is 7.98. The van der Waals surface area contributed by atoms with Crippen LogP contribution in [0.3, 0.4) is 0 Å². The number of thioether (sulfide) groups is 1. The van der Waals surface area contributed by atoms with E-state index >= 15 is 0 Å². The van der Waals surface area contributed by atoms with Crippen LogP contribution in [0.4, 0.5) is 0 Å². The quantitative estimate of drug-likeness (QED) is 0.410. The number of amides is 1. The number of fused-ring (bicyclic) bond motifs is 1. The number of rotatable bonds is 9. The normalized spacial score (nSPS) is 12.0. The van der Waals surface area contributed by atoms with Gasteiger partial charge < -0.3 is 19.3 Å². The fraction of sp³-hybridized carbons (Fsp3) is 0.273. The van der Waals surface area contributed by atoms with Crippen molar-refractivity contribution in [3.63, 3.8) is 0 Å². The number of ether oxygens (including phenoxy) is 2. The van der Waals surface area contributed by atoms with Crippen LogP contribution in [-0.2, 0) is 0 Å². The van der Waals surface area contributed by atoms with Crippen molar-refractivity contribution in [2.75, 3.05) is 26.2 Å². The molecule has 0 aliphatic heterocycles. The molecule has 0 aliphatic rings. The Morgan fingerprint density at radius 1 is 1.19 bits per heavy atom. The van der Waals surface area contributed by atoms with Gasteiger partial charge >= 0.3 is 0 Å². The first-order valence-corrected chi connectivity index (χ1v) is 11.3. The smallest absolute Gasteiger partial charge is 0.274 e. The molecule has 1 unspecified atom stereocenters. The molecule has 4 rings (SSSR count). The zero-order chi connectivity index (χ0) is 22.5. The van der Waals surface area contributed by atoms with Crippen molar-refractivity contribution in [1.82, 2.24) is 25.1 Å². The minimum Gasteiger partial charge on any atom is -0.497 e. The van der Waals surface area contributed by atoms with Gasteiger partial charge in [-0.1, -0.05) is 11.2 Å². The van der Waals surface area contributed by atoms with Crippen LogP contribution in [0.1, 0.15) is 28.8 Å². The molecule has 1 atom stereocenters. The van der Waals surface area contributed by atoms with Gasteiger partial charge in [0.25, 0.3) is 5.91 Å². The summed E-state index contributed by atoms with van der Waals surface area (Å²) in [5.74, 6) is 2.78. The number of nitrogens with one attached hydrogen (secondary N) is 1. The van der Waals surface area contributed by atoms with Crippen molar-refractivity contribution >= 4 is 23.3 Å². The van der Waals surface area contributed by atoms with Crippen LogP contribution in [-0.4, -0.2) is 51.9 Å². The minimum atomic E-state index is -0.361. The second-order valence-electron chi connectivity index (χ2n) is 6.94. The predicted molar refractivity (Wildman–Crippen MR) is 121 cm³/mol. The lowest BCUT2D eigenvalue weighted by molar-refractivity contribution is 0.0924. The molecule has 1 aromatic carbocycles. The molecule has 1 amide bonds. The van der Waals surface area contributed by atoms with Gasteiger partial charge in [-0.15, -0.1) is 10.2 Å². The largest absolute Gasteiger partial charge is 0.497 e. The third-order valence-corrected chi connectivity index (χ3v) is 5.63. The Hall–Kier alpha value is -3.53. The van der Waals surface area contributed by atoms with Crippen LogP contribution in [0.5, 0.6) is 11.5 Å². The van der Waals surface area contributed by atoms with Gasteiger partial charge in [-0.05, 0) is 48.8 Å². The molecule has 9 nitrogen and oxygen atoms in total. The van der Waals surface area contributed by atoms with Gasteiger partial charge in [0.05, 0.1) is 25.8 Å². The highest BCUT2D eigenvalue weighted by Crippen LogP contribution is 2.33. The van der Waals surface area contributed by atoms with Gasteiger partial charge in [0, 0.05) is 12.3 Å². The van der Waals surface area contributed by atoms with Crippen molar-refractivity contribution in [1.29, 1.82) is 0 Å². The first-order valence-electron chi connectivity index (χ1n) is 9.93. The van der Waals surface area contributed by atoms with E-state index in [9.17, 15) is 4.79 Å². The summed E-state index contributed by atoms with van der Waals surface area (Å²) in [5.41, 5.74) is 1.52. The van der Waals surface area contributed by atoms with Gasteiger partial charge in [0.15, 0.2) is 22.9 Å². The molecule has 0 spiro atoms. The number of carbonyl (C=O) groups is 1. The topological polar surface area (TPSA) is 104 Å². The molecule has 166 valence electrons. The number of aromatic nitrogens is 4. The van der Waals surface area contributed by atoms with Gasteiger partial charge in [0.2, 0.25) is 0 Å². The molecule has 1 N–H and O–H groups in total. The molecule has 0 aliphatic carbocycles. The number of carbonyl (C=O) groups excluding carboxylic acids is 1. The lowest BCUT2D eigenvalue weighted by Gasteiger charge is -2.16. The van der Waals surface area contributed by atoms with E-state index in [1.165, 1.54) is 0 Å². The average molecular weight is 454 g/mol. The van der Waals surface area contributed by atoms with E-state index in [0.717, 1.165) is 11.4 Å². The van der Waals surface area contributed by atoms with E-state index in [2.05, 4.69) is 20.7 Å². The summed E-state index contributed by atoms with van der Waals surface area (Å²) in [4.78, 5) is 13.0. The van der Waals surface area contributed by atoms with Crippen LogP contribution < -0.4 is 14.8 Å². The van der Waals surface area contributed by atoms with Crippen LogP contribution in [0.2, 0.25) is 0 Å². The summed E-state index contributed by atoms with van der Waals surface area (Å²) in [5, 5.41) is 15.5. The zero-order valence-corrected chi connectivity index (χ0v) is 18.8. The summed E-state index contributed by atoms with van der Waals surface area (Å²) >= 11 is 1.70. The summed E-state index contributed by atoms with van der Waals surface area (Å²) in [6.07, 6.45) is 4.59. The average Bonchev–Trinajstić information content (AvgIpc) is 3.49. The van der Waals surface area contributed by atoms with Crippen molar-refractivity contribution < 1.29 is 18.8 Å². The SMILES string of the molecule is COc1ccc(OC)c(-c2cc(C(=O)NC(CCSC)c3nnc4ccccn34)no2)c1. The third-order valence-electron chi connectivity index (χ3n) is 4.98. The maximum Gasteiger partial charge on any atom is 0.274 e. The minimum absolute atomic E-state index is 0.160. The fourth-order valence-electron chi connectivity index (χ4n) is 3.35. The summed E-state index contributed by atoms with van der Waals surface area (Å²) in [6, 6.07) is 12.2. The molecule has 10 heteroatoms. The standard InChI is InChI=1S/C22H23N5O4S/c1-29-14-7-8-18(30-2)15(12-14)19-13-17(26-31-19)22(28)23-16(9-11-32-3)21-25-24-20-6-4-5-10-27(20)21/h4-8,10,12-13,16H,9,11H2,1-3H3,(H,23,28). The zero-order valence-electron chi connectivity index (χ0n) is 17.9. The van der Waals surface area contributed by atoms with Crippen LogP contribution >= 0.6 is 11.8 Å². The van der Waals surface area contributed by atoms with E-state index in [-0.39, 0.29) is 17.6 Å². The van der Waals surface area contributed by atoms with Gasteiger partial charge in [-0.2, -0.15) is 11.8 Å². The first-order chi connectivity index (χ1) is 15.6. The molecule has 0 saturated heterocycles. The first kappa shape index (κ1) is 21.7. The second-order valence-corrected chi connectivity index (χ2v) is 7.92. The van der Waals surface area contributed by atoms with E-state index in [0.29, 0.717) is 35.1 Å². The molecule has 4 aromatic rings. The monoisotopic (exact) mass is 453 g/mol. The number of hydrogen-bond acceptors (Lipinski definition) is 8. The van der Waals surface area contributed by atoms with Crippen LogP contribution in [0, 0.1) is 0 Å². The summed E-state index contributed by atoms with van der Waals surface area (Å²) in [7, 11) is 3.14. The second kappa shape index (κ2) is 9.73. The number of benzene rings is 1. The van der Waals surface area contributed by atoms with Crippen molar-refractivity contribution in [3.05, 3.63) is 60.2 Å². The number of pyridine rings is 1. The van der Waals surface area contributed by atoms with E-state index in [4.69, 9.17) is 14.0 Å². The van der Waals surface area contributed by atoms with Gasteiger partial charge in [0.1, 0.15) is 11.5 Å². The predicted octanol–water partition coefficient (Wildman–Crippen LogP) is 3.63. The van der Waals surface area contributed by atoms with E-state index in [1.54, 1.807) is 50.2 Å². The highest BCUT2D eigenvalue weighted by Gasteiger charge is 2.23. The fourth-order valence-corrected chi connectivity index (χ4v) is 3.82. The van der Waals surface area contributed by atoms with E-state index < -0.39 is 0 Å². The molecule has 3 heterocycles. The Bertz CT molecular complexity index is 1220. The van der Waals surface area contributed by atoms with Crippen molar-refractivity contribution in [2.24, 2.45) is 0 Å². The Morgan fingerprint density at radius 2 is 2.06 bits per heavy atom. The molecular formula is C22H23N5O4S. The molecule has 3 aromatic heterocycles. The van der Waals surface area contributed by atoms with Gasteiger partial charge in [-0.3, -0.25) is 9.20 Å². The number of methoxy groups -OCH3 is 2. The Kier molecular flexibility index (Phi) is 6.60. The Morgan fingerprint density at radius 3 is 2.84 bits per heavy atom. The van der Waals surface area contributed by atoms with Crippen LogP contribution in [0.25, 0.3) is 17.0 Å². The molecule has 0 bridgehead atoms. The van der Waals surface area contributed by atoms with E-state index in [1.807, 2.05) is 35.1 Å². The maximum atomic E-state index is 13.0. The molecule has 0 radical (unpaired) electrons. The lowest BCUT2D eigenvalue weighted by atomic mass is 10.1. The van der Waals surface area contributed by atoms with Crippen LogP contribution in [0.15, 0.2) is 53.2 Å². The summed E-state index contributed by atoms with van der Waals surface area (Å²) < 4.78 is 18.0. The van der Waals surface area contributed by atoms with Gasteiger partial charge in [-0.25, -0.2) is 0 Å². The Labute approximate surface area is 189 Å². The molecule has 0 saturated carbocycles. The molecular weight excluding hydrogens is 430 g/mol. The molecule has 32 heavy (non-hydrogen) atoms. The Balaban J connectivity index is 1.59. The highest BCUT2D eigenvalue weighted by atomic mass is 32.2. The number of nitrogens with zero attached hydrogens (tertiary/aromatic N) is 4.